The lowest BCUT2D eigenvalue weighted by Crippen LogP contribution is -2.26. The van der Waals surface area contributed by atoms with E-state index in [1.807, 2.05) is 0 Å². The molecule has 0 aromatic rings. The third-order valence-corrected chi connectivity index (χ3v) is 3.54. The van der Waals surface area contributed by atoms with E-state index in [2.05, 4.69) is 39.0 Å². The highest BCUT2D eigenvalue weighted by Crippen LogP contribution is 2.57. The second-order valence-electron chi connectivity index (χ2n) is 4.61. The Morgan fingerprint density at radius 3 is 2.64 bits per heavy atom. The highest BCUT2D eigenvalue weighted by atomic mass is 14.5. The number of hydrogen-bond acceptors (Lipinski definition) is 0. The van der Waals surface area contributed by atoms with E-state index in [9.17, 15) is 0 Å². The molecule has 2 rings (SSSR count). The van der Waals surface area contributed by atoms with Crippen LogP contribution in [0, 0.1) is 10.8 Å². The van der Waals surface area contributed by atoms with E-state index in [-0.39, 0.29) is 0 Å². The third kappa shape index (κ3) is 0.756. The van der Waals surface area contributed by atoms with E-state index in [1.165, 1.54) is 12.8 Å². The standard InChI is InChI=1S/C11H16/c1-9-7-10(2)5-4-6-11(10,3)8-9/h4-5,8H,6-7H2,1-3H3/t10-,11-/m0/s1. The molecular formula is C11H16. The molecule has 0 heteroatoms. The minimum atomic E-state index is 0.442. The molecule has 2 aliphatic rings. The maximum atomic E-state index is 2.47. The summed E-state index contributed by atoms with van der Waals surface area (Å²) in [5, 5.41) is 0. The molecule has 0 aliphatic heterocycles. The molecule has 0 heterocycles. The third-order valence-electron chi connectivity index (χ3n) is 3.54. The summed E-state index contributed by atoms with van der Waals surface area (Å²) in [5.74, 6) is 0. The molecule has 2 aliphatic carbocycles. The number of rotatable bonds is 0. The fourth-order valence-corrected chi connectivity index (χ4v) is 2.65. The summed E-state index contributed by atoms with van der Waals surface area (Å²) in [6.45, 7) is 7.01. The summed E-state index contributed by atoms with van der Waals surface area (Å²) in [6, 6.07) is 0. The largest absolute Gasteiger partial charge is 0.0871 e. The van der Waals surface area contributed by atoms with Crippen LogP contribution in [-0.4, -0.2) is 0 Å². The predicted molar refractivity (Wildman–Crippen MR) is 48.3 cm³/mol. The molecule has 2 atom stereocenters. The molecule has 0 saturated heterocycles. The molecule has 11 heavy (non-hydrogen) atoms. The van der Waals surface area contributed by atoms with Crippen molar-refractivity contribution < 1.29 is 0 Å². The molecule has 60 valence electrons. The zero-order valence-electron chi connectivity index (χ0n) is 7.65. The van der Waals surface area contributed by atoms with Crippen LogP contribution < -0.4 is 0 Å². The molecule has 0 fully saturated rings. The maximum Gasteiger partial charge on any atom is -0.00182 e. The van der Waals surface area contributed by atoms with Crippen LogP contribution in [0.3, 0.4) is 0 Å². The van der Waals surface area contributed by atoms with Crippen LogP contribution in [0.25, 0.3) is 0 Å². The van der Waals surface area contributed by atoms with Crippen molar-refractivity contribution in [2.75, 3.05) is 0 Å². The van der Waals surface area contributed by atoms with Gasteiger partial charge in [-0.2, -0.15) is 0 Å². The van der Waals surface area contributed by atoms with E-state index < -0.39 is 0 Å². The Kier molecular flexibility index (Phi) is 1.17. The van der Waals surface area contributed by atoms with Crippen molar-refractivity contribution in [2.24, 2.45) is 10.8 Å². The van der Waals surface area contributed by atoms with Gasteiger partial charge in [-0.3, -0.25) is 0 Å². The van der Waals surface area contributed by atoms with Gasteiger partial charge in [0.2, 0.25) is 0 Å². The monoisotopic (exact) mass is 148 g/mol. The Hall–Kier alpha value is -0.520. The van der Waals surface area contributed by atoms with Crippen molar-refractivity contribution >= 4 is 0 Å². The van der Waals surface area contributed by atoms with Crippen molar-refractivity contribution in [1.29, 1.82) is 0 Å². The summed E-state index contributed by atoms with van der Waals surface area (Å²) in [4.78, 5) is 0. The van der Waals surface area contributed by atoms with E-state index in [1.54, 1.807) is 5.57 Å². The maximum absolute atomic E-state index is 2.47. The molecule has 0 aromatic carbocycles. The van der Waals surface area contributed by atoms with Gasteiger partial charge in [0.05, 0.1) is 0 Å². The Balaban J connectivity index is 2.42. The summed E-state index contributed by atoms with van der Waals surface area (Å²) >= 11 is 0. The summed E-state index contributed by atoms with van der Waals surface area (Å²) in [6.07, 6.45) is 9.71. The summed E-state index contributed by atoms with van der Waals surface area (Å²) < 4.78 is 0. The minimum Gasteiger partial charge on any atom is -0.0871 e. The van der Waals surface area contributed by atoms with Crippen LogP contribution in [0.15, 0.2) is 23.8 Å². The first-order chi connectivity index (χ1) is 5.06. The van der Waals surface area contributed by atoms with Crippen LogP contribution in [0.4, 0.5) is 0 Å². The van der Waals surface area contributed by atoms with Gasteiger partial charge in [-0.05, 0) is 30.6 Å². The molecule has 0 bridgehead atoms. The van der Waals surface area contributed by atoms with Gasteiger partial charge >= 0.3 is 0 Å². The second kappa shape index (κ2) is 1.80. The lowest BCUT2D eigenvalue weighted by molar-refractivity contribution is 0.230. The van der Waals surface area contributed by atoms with Gasteiger partial charge in [0, 0.05) is 0 Å². The molecule has 0 radical (unpaired) electrons. The van der Waals surface area contributed by atoms with Crippen LogP contribution in [0.2, 0.25) is 0 Å². The average molecular weight is 148 g/mol. The topological polar surface area (TPSA) is 0 Å². The van der Waals surface area contributed by atoms with Gasteiger partial charge < -0.3 is 0 Å². The van der Waals surface area contributed by atoms with Crippen molar-refractivity contribution in [3.63, 3.8) is 0 Å². The smallest absolute Gasteiger partial charge is 0.00182 e. The lowest BCUT2D eigenvalue weighted by atomic mass is 9.70. The highest BCUT2D eigenvalue weighted by molar-refractivity contribution is 5.31. The Labute approximate surface area is 69.0 Å². The van der Waals surface area contributed by atoms with E-state index in [4.69, 9.17) is 0 Å². The number of hydrogen-bond donors (Lipinski definition) is 0. The average Bonchev–Trinajstić information content (AvgIpc) is 2.16. The SMILES string of the molecule is CC1=C[C@]2(C)CC=C[C@@]2(C)C1. The first-order valence-corrected chi connectivity index (χ1v) is 4.42. The molecule has 0 nitrogen and oxygen atoms in total. The summed E-state index contributed by atoms with van der Waals surface area (Å²) in [7, 11) is 0. The number of fused-ring (bicyclic) bond motifs is 1. The van der Waals surface area contributed by atoms with E-state index in [0.717, 1.165) is 0 Å². The van der Waals surface area contributed by atoms with E-state index >= 15 is 0 Å². The Morgan fingerprint density at radius 1 is 1.27 bits per heavy atom. The lowest BCUT2D eigenvalue weighted by Gasteiger charge is -2.33. The van der Waals surface area contributed by atoms with Crippen LogP contribution in [0.1, 0.15) is 33.6 Å². The van der Waals surface area contributed by atoms with Crippen molar-refractivity contribution in [3.05, 3.63) is 23.8 Å². The van der Waals surface area contributed by atoms with Gasteiger partial charge in [-0.1, -0.05) is 37.6 Å². The van der Waals surface area contributed by atoms with E-state index in [0.29, 0.717) is 10.8 Å². The fourth-order valence-electron chi connectivity index (χ4n) is 2.65. The minimum absolute atomic E-state index is 0.442. The molecule has 0 N–H and O–H groups in total. The summed E-state index contributed by atoms with van der Waals surface area (Å²) in [5.41, 5.74) is 2.45. The molecule has 0 saturated carbocycles. The van der Waals surface area contributed by atoms with Gasteiger partial charge in [-0.15, -0.1) is 0 Å². The fraction of sp³-hybridized carbons (Fsp3) is 0.636. The molecule has 0 spiro atoms. The number of allylic oxidation sites excluding steroid dienone is 4. The molecular weight excluding hydrogens is 132 g/mol. The predicted octanol–water partition coefficient (Wildman–Crippen LogP) is 3.31. The van der Waals surface area contributed by atoms with Crippen LogP contribution in [0.5, 0.6) is 0 Å². The molecule has 0 aromatic heterocycles. The van der Waals surface area contributed by atoms with Gasteiger partial charge in [0.15, 0.2) is 0 Å². The van der Waals surface area contributed by atoms with Crippen molar-refractivity contribution in [3.8, 4) is 0 Å². The molecule has 0 amide bonds. The normalized spacial score (nSPS) is 47.7. The zero-order chi connectivity index (χ0) is 8.11. The van der Waals surface area contributed by atoms with Crippen LogP contribution >= 0.6 is 0 Å². The van der Waals surface area contributed by atoms with Gasteiger partial charge in [0.1, 0.15) is 0 Å². The quantitative estimate of drug-likeness (QED) is 0.462. The first kappa shape index (κ1) is 7.15. The van der Waals surface area contributed by atoms with Crippen molar-refractivity contribution in [2.45, 2.75) is 33.6 Å². The van der Waals surface area contributed by atoms with Crippen LogP contribution in [-0.2, 0) is 0 Å². The van der Waals surface area contributed by atoms with Gasteiger partial charge in [0.25, 0.3) is 0 Å². The first-order valence-electron chi connectivity index (χ1n) is 4.42. The molecule has 0 unspecified atom stereocenters. The Bertz CT molecular complexity index is 247. The second-order valence-corrected chi connectivity index (χ2v) is 4.61. The zero-order valence-corrected chi connectivity index (χ0v) is 7.65. The highest BCUT2D eigenvalue weighted by Gasteiger charge is 2.47. The Morgan fingerprint density at radius 2 is 2.00 bits per heavy atom. The van der Waals surface area contributed by atoms with Crippen molar-refractivity contribution in [1.82, 2.24) is 0 Å². The van der Waals surface area contributed by atoms with Gasteiger partial charge in [-0.25, -0.2) is 0 Å².